The number of hydrazine groups is 1. The lowest BCUT2D eigenvalue weighted by Crippen LogP contribution is -2.44. The molecule has 1 aliphatic rings. The Morgan fingerprint density at radius 1 is 1.10 bits per heavy atom. The van der Waals surface area contributed by atoms with Crippen LogP contribution in [0.4, 0.5) is 0 Å². The summed E-state index contributed by atoms with van der Waals surface area (Å²) in [4.78, 5) is 0. The summed E-state index contributed by atoms with van der Waals surface area (Å²) < 4.78 is 0. The van der Waals surface area contributed by atoms with Gasteiger partial charge >= 0.3 is 0 Å². The Morgan fingerprint density at radius 3 is 2.30 bits per heavy atom. The molecule has 0 aromatic heterocycles. The van der Waals surface area contributed by atoms with Gasteiger partial charge in [-0.05, 0) is 56.4 Å². The maximum Gasteiger partial charge on any atom is 0.0279 e. The fourth-order valence-corrected chi connectivity index (χ4v) is 3.76. The lowest BCUT2D eigenvalue weighted by molar-refractivity contribution is 0.170. The van der Waals surface area contributed by atoms with Crippen LogP contribution in [0.15, 0.2) is 18.2 Å². The molecule has 0 radical (unpaired) electrons. The zero-order valence-corrected chi connectivity index (χ0v) is 13.4. The van der Waals surface area contributed by atoms with Crippen molar-refractivity contribution >= 4 is 0 Å². The van der Waals surface area contributed by atoms with Crippen LogP contribution >= 0.6 is 0 Å². The van der Waals surface area contributed by atoms with E-state index in [0.29, 0.717) is 12.0 Å². The third kappa shape index (κ3) is 3.83. The van der Waals surface area contributed by atoms with E-state index in [0.717, 1.165) is 18.3 Å². The Labute approximate surface area is 124 Å². The molecule has 20 heavy (non-hydrogen) atoms. The van der Waals surface area contributed by atoms with Gasteiger partial charge in [0.05, 0.1) is 0 Å². The Kier molecular flexibility index (Phi) is 5.22. The summed E-state index contributed by atoms with van der Waals surface area (Å²) >= 11 is 0. The van der Waals surface area contributed by atoms with Gasteiger partial charge < -0.3 is 0 Å². The number of benzene rings is 1. The van der Waals surface area contributed by atoms with Crippen LogP contribution in [0.3, 0.4) is 0 Å². The molecule has 1 aliphatic carbocycles. The Morgan fingerprint density at radius 2 is 1.75 bits per heavy atom. The molecule has 4 unspecified atom stereocenters. The van der Waals surface area contributed by atoms with Crippen molar-refractivity contribution in [3.8, 4) is 0 Å². The standard InChI is InChI=1S/C18H30N2/c1-12-7-13(2)9-16(8-12)11-18(20-19)17-6-5-14(3)15(4)10-17/h7-9,14-15,17-18,20H,5-6,10-11,19H2,1-4H3. The van der Waals surface area contributed by atoms with Crippen molar-refractivity contribution in [2.75, 3.05) is 0 Å². The van der Waals surface area contributed by atoms with Crippen molar-refractivity contribution in [1.29, 1.82) is 0 Å². The predicted octanol–water partition coefficient (Wildman–Crippen LogP) is 3.75. The molecule has 1 saturated carbocycles. The van der Waals surface area contributed by atoms with Crippen LogP contribution in [0.5, 0.6) is 0 Å². The first-order valence-corrected chi connectivity index (χ1v) is 8.03. The lowest BCUT2D eigenvalue weighted by atomic mass is 9.72. The Hall–Kier alpha value is -0.860. The molecule has 3 N–H and O–H groups in total. The highest BCUT2D eigenvalue weighted by Crippen LogP contribution is 2.35. The van der Waals surface area contributed by atoms with Crippen LogP contribution in [0.25, 0.3) is 0 Å². The number of hydrogen-bond acceptors (Lipinski definition) is 2. The van der Waals surface area contributed by atoms with Gasteiger partial charge in [-0.2, -0.15) is 0 Å². The summed E-state index contributed by atoms with van der Waals surface area (Å²) in [5.74, 6) is 8.26. The van der Waals surface area contributed by atoms with Crippen molar-refractivity contribution in [2.45, 2.75) is 59.4 Å². The molecule has 0 amide bonds. The molecule has 0 spiro atoms. The summed E-state index contributed by atoms with van der Waals surface area (Å²) in [6.07, 6.45) is 5.01. The van der Waals surface area contributed by atoms with Crippen molar-refractivity contribution in [2.24, 2.45) is 23.6 Å². The number of aryl methyl sites for hydroxylation is 2. The second kappa shape index (κ2) is 6.73. The zero-order valence-electron chi connectivity index (χ0n) is 13.4. The smallest absolute Gasteiger partial charge is 0.0279 e. The van der Waals surface area contributed by atoms with E-state index in [4.69, 9.17) is 5.84 Å². The lowest BCUT2D eigenvalue weighted by Gasteiger charge is -2.36. The third-order valence-corrected chi connectivity index (χ3v) is 5.16. The average Bonchev–Trinajstić information content (AvgIpc) is 2.38. The molecular formula is C18H30N2. The second-order valence-corrected chi connectivity index (χ2v) is 7.00. The number of rotatable bonds is 4. The van der Waals surface area contributed by atoms with Crippen LogP contribution in [-0.4, -0.2) is 6.04 Å². The van der Waals surface area contributed by atoms with Gasteiger partial charge in [0.1, 0.15) is 0 Å². The van der Waals surface area contributed by atoms with Gasteiger partial charge in [0.2, 0.25) is 0 Å². The van der Waals surface area contributed by atoms with Crippen molar-refractivity contribution < 1.29 is 0 Å². The summed E-state index contributed by atoms with van der Waals surface area (Å²) in [7, 11) is 0. The van der Waals surface area contributed by atoms with Crippen LogP contribution in [-0.2, 0) is 6.42 Å². The molecule has 1 fully saturated rings. The molecule has 1 aromatic rings. The van der Waals surface area contributed by atoms with E-state index >= 15 is 0 Å². The topological polar surface area (TPSA) is 38.0 Å². The number of nitrogens with one attached hydrogen (secondary N) is 1. The fraction of sp³-hybridized carbons (Fsp3) is 0.667. The highest BCUT2D eigenvalue weighted by molar-refractivity contribution is 5.29. The van der Waals surface area contributed by atoms with Crippen LogP contribution in [0.2, 0.25) is 0 Å². The minimum Gasteiger partial charge on any atom is -0.271 e. The first-order valence-electron chi connectivity index (χ1n) is 8.03. The Balaban J connectivity index is 2.05. The molecule has 4 atom stereocenters. The van der Waals surface area contributed by atoms with Crippen LogP contribution < -0.4 is 11.3 Å². The highest BCUT2D eigenvalue weighted by atomic mass is 15.2. The third-order valence-electron chi connectivity index (χ3n) is 5.16. The van der Waals surface area contributed by atoms with Gasteiger partial charge in [0.25, 0.3) is 0 Å². The molecule has 2 heteroatoms. The first kappa shape index (κ1) is 15.5. The van der Waals surface area contributed by atoms with Crippen molar-refractivity contribution in [3.05, 3.63) is 34.9 Å². The summed E-state index contributed by atoms with van der Waals surface area (Å²) in [6, 6.07) is 7.24. The SMILES string of the molecule is Cc1cc(C)cc(CC(NN)C2CCC(C)C(C)C2)c1. The second-order valence-electron chi connectivity index (χ2n) is 7.00. The van der Waals surface area contributed by atoms with Gasteiger partial charge in [-0.1, -0.05) is 49.6 Å². The number of hydrogen-bond donors (Lipinski definition) is 2. The average molecular weight is 274 g/mol. The highest BCUT2D eigenvalue weighted by Gasteiger charge is 2.29. The molecule has 2 rings (SSSR count). The summed E-state index contributed by atoms with van der Waals surface area (Å²) in [6.45, 7) is 9.12. The van der Waals surface area contributed by atoms with Crippen molar-refractivity contribution in [3.63, 3.8) is 0 Å². The van der Waals surface area contributed by atoms with E-state index in [1.807, 2.05) is 0 Å². The predicted molar refractivity (Wildman–Crippen MR) is 86.4 cm³/mol. The normalized spacial score (nSPS) is 28.4. The zero-order chi connectivity index (χ0) is 14.7. The molecule has 1 aromatic carbocycles. The van der Waals surface area contributed by atoms with Gasteiger partial charge in [0.15, 0.2) is 0 Å². The van der Waals surface area contributed by atoms with Crippen LogP contribution in [0.1, 0.15) is 49.8 Å². The monoisotopic (exact) mass is 274 g/mol. The first-order chi connectivity index (χ1) is 9.49. The molecule has 0 heterocycles. The van der Waals surface area contributed by atoms with Gasteiger partial charge in [-0.3, -0.25) is 11.3 Å². The van der Waals surface area contributed by atoms with Gasteiger partial charge in [-0.25, -0.2) is 0 Å². The summed E-state index contributed by atoms with van der Waals surface area (Å²) in [5.41, 5.74) is 7.21. The molecule has 2 nitrogen and oxygen atoms in total. The van der Waals surface area contributed by atoms with Crippen LogP contribution in [0, 0.1) is 31.6 Å². The quantitative estimate of drug-likeness (QED) is 0.648. The fourth-order valence-electron chi connectivity index (χ4n) is 3.76. The van der Waals surface area contributed by atoms with Gasteiger partial charge in [0, 0.05) is 6.04 Å². The maximum atomic E-state index is 5.86. The molecular weight excluding hydrogens is 244 g/mol. The van der Waals surface area contributed by atoms with E-state index in [9.17, 15) is 0 Å². The van der Waals surface area contributed by atoms with E-state index < -0.39 is 0 Å². The maximum absolute atomic E-state index is 5.86. The van der Waals surface area contributed by atoms with E-state index in [2.05, 4.69) is 51.3 Å². The largest absolute Gasteiger partial charge is 0.271 e. The minimum absolute atomic E-state index is 0.408. The van der Waals surface area contributed by atoms with E-state index in [-0.39, 0.29) is 0 Å². The minimum atomic E-state index is 0.408. The molecule has 112 valence electrons. The molecule has 0 saturated heterocycles. The van der Waals surface area contributed by atoms with Gasteiger partial charge in [-0.15, -0.1) is 0 Å². The van der Waals surface area contributed by atoms with E-state index in [1.165, 1.54) is 36.0 Å². The number of nitrogens with two attached hydrogens (primary N) is 1. The summed E-state index contributed by atoms with van der Waals surface area (Å²) in [5, 5.41) is 0. The Bertz CT molecular complexity index is 421. The van der Waals surface area contributed by atoms with E-state index in [1.54, 1.807) is 0 Å². The van der Waals surface area contributed by atoms with Crippen molar-refractivity contribution in [1.82, 2.24) is 5.43 Å². The molecule has 0 aliphatic heterocycles. The molecule has 0 bridgehead atoms.